The van der Waals surface area contributed by atoms with Crippen molar-refractivity contribution in [3.63, 3.8) is 0 Å². The molecule has 9 heteroatoms. The standard InChI is InChI=1S/C25H22FN5O3/c1-34-25(33)29-22-11-5-16(13-27-22)21-14-28-23-12-6-17(15-30(21)23)24(32)31(19-3-2-4-19)20-9-7-18(26)8-10-20/h5-15,19H,2-4H2,1H3,(H,27,29,33). The third kappa shape index (κ3) is 4.07. The quantitative estimate of drug-likeness (QED) is 0.458. The second kappa shape index (κ2) is 8.93. The van der Waals surface area contributed by atoms with E-state index in [9.17, 15) is 14.0 Å². The molecule has 1 saturated carbocycles. The van der Waals surface area contributed by atoms with E-state index in [1.54, 1.807) is 59.9 Å². The topological polar surface area (TPSA) is 88.8 Å². The number of hydrogen-bond donors (Lipinski definition) is 1. The molecule has 1 aromatic carbocycles. The first-order valence-electron chi connectivity index (χ1n) is 10.9. The van der Waals surface area contributed by atoms with Gasteiger partial charge in [-0.1, -0.05) is 0 Å². The molecule has 1 fully saturated rings. The van der Waals surface area contributed by atoms with Crippen molar-refractivity contribution in [2.24, 2.45) is 0 Å². The maximum atomic E-state index is 13.6. The Morgan fingerprint density at radius 3 is 2.50 bits per heavy atom. The van der Waals surface area contributed by atoms with E-state index in [0.29, 0.717) is 22.7 Å². The largest absolute Gasteiger partial charge is 0.453 e. The van der Waals surface area contributed by atoms with Gasteiger partial charge in [-0.3, -0.25) is 14.5 Å². The molecule has 1 aliphatic rings. The zero-order chi connectivity index (χ0) is 23.7. The lowest BCUT2D eigenvalue weighted by atomic mass is 9.90. The van der Waals surface area contributed by atoms with E-state index < -0.39 is 6.09 Å². The second-order valence-corrected chi connectivity index (χ2v) is 8.07. The van der Waals surface area contributed by atoms with E-state index in [4.69, 9.17) is 0 Å². The van der Waals surface area contributed by atoms with Crippen LogP contribution < -0.4 is 10.2 Å². The van der Waals surface area contributed by atoms with Gasteiger partial charge in [0.2, 0.25) is 0 Å². The van der Waals surface area contributed by atoms with Crippen molar-refractivity contribution in [1.82, 2.24) is 14.4 Å². The monoisotopic (exact) mass is 459 g/mol. The molecule has 2 amide bonds. The molecule has 0 aliphatic heterocycles. The minimum absolute atomic E-state index is 0.0926. The number of hydrogen-bond acceptors (Lipinski definition) is 5. The number of methoxy groups -OCH3 is 1. The van der Waals surface area contributed by atoms with Gasteiger partial charge in [0.1, 0.15) is 17.3 Å². The maximum absolute atomic E-state index is 13.6. The highest BCUT2D eigenvalue weighted by molar-refractivity contribution is 6.06. The molecule has 172 valence electrons. The first kappa shape index (κ1) is 21.6. The zero-order valence-corrected chi connectivity index (χ0v) is 18.4. The summed E-state index contributed by atoms with van der Waals surface area (Å²) in [6.45, 7) is 0. The van der Waals surface area contributed by atoms with Gasteiger partial charge in [-0.05, 0) is 67.8 Å². The van der Waals surface area contributed by atoms with Crippen molar-refractivity contribution >= 4 is 29.2 Å². The molecule has 0 radical (unpaired) electrons. The van der Waals surface area contributed by atoms with Gasteiger partial charge in [0, 0.05) is 29.7 Å². The van der Waals surface area contributed by atoms with Gasteiger partial charge < -0.3 is 9.64 Å². The number of rotatable bonds is 5. The fourth-order valence-electron chi connectivity index (χ4n) is 3.98. The van der Waals surface area contributed by atoms with Crippen LogP contribution >= 0.6 is 0 Å². The van der Waals surface area contributed by atoms with E-state index in [2.05, 4.69) is 20.0 Å². The highest BCUT2D eigenvalue weighted by Gasteiger charge is 2.31. The molecular formula is C25H22FN5O3. The van der Waals surface area contributed by atoms with Crippen LogP contribution in [0.2, 0.25) is 0 Å². The van der Waals surface area contributed by atoms with Crippen molar-refractivity contribution in [1.29, 1.82) is 0 Å². The van der Waals surface area contributed by atoms with Crippen LogP contribution in [0.3, 0.4) is 0 Å². The Morgan fingerprint density at radius 2 is 1.85 bits per heavy atom. The van der Waals surface area contributed by atoms with Gasteiger partial charge in [0.25, 0.3) is 5.91 Å². The molecule has 4 aromatic rings. The number of amides is 2. The lowest BCUT2D eigenvalue weighted by Gasteiger charge is -2.37. The summed E-state index contributed by atoms with van der Waals surface area (Å²) in [6, 6.07) is 13.1. The van der Waals surface area contributed by atoms with Crippen molar-refractivity contribution < 1.29 is 18.7 Å². The van der Waals surface area contributed by atoms with Gasteiger partial charge in [-0.15, -0.1) is 0 Å². The van der Waals surface area contributed by atoms with Crippen molar-refractivity contribution in [2.45, 2.75) is 25.3 Å². The molecule has 5 rings (SSSR count). The summed E-state index contributed by atoms with van der Waals surface area (Å²) in [4.78, 5) is 35.4. The van der Waals surface area contributed by atoms with Crippen LogP contribution in [-0.2, 0) is 4.74 Å². The number of benzene rings is 1. The number of nitrogens with zero attached hydrogens (tertiary/aromatic N) is 4. The molecule has 0 spiro atoms. The Bertz CT molecular complexity index is 1350. The third-order valence-corrected chi connectivity index (χ3v) is 5.99. The lowest BCUT2D eigenvalue weighted by Crippen LogP contribution is -2.44. The molecule has 1 N–H and O–H groups in total. The van der Waals surface area contributed by atoms with E-state index in [0.717, 1.165) is 30.5 Å². The summed E-state index contributed by atoms with van der Waals surface area (Å²) in [5.74, 6) is -0.125. The van der Waals surface area contributed by atoms with Gasteiger partial charge in [0.05, 0.1) is 24.6 Å². The molecule has 34 heavy (non-hydrogen) atoms. The number of pyridine rings is 2. The summed E-state index contributed by atoms with van der Waals surface area (Å²) < 4.78 is 19.9. The third-order valence-electron chi connectivity index (χ3n) is 5.99. The zero-order valence-electron chi connectivity index (χ0n) is 18.4. The predicted molar refractivity (Wildman–Crippen MR) is 125 cm³/mol. The van der Waals surface area contributed by atoms with Crippen LogP contribution in [0.15, 0.2) is 67.1 Å². The van der Waals surface area contributed by atoms with E-state index >= 15 is 0 Å². The Kier molecular flexibility index (Phi) is 5.67. The van der Waals surface area contributed by atoms with Gasteiger partial charge in [-0.25, -0.2) is 19.2 Å². The number of aromatic nitrogens is 3. The highest BCUT2D eigenvalue weighted by Crippen LogP contribution is 2.31. The van der Waals surface area contributed by atoms with Crippen LogP contribution in [0.5, 0.6) is 0 Å². The Morgan fingerprint density at radius 1 is 1.06 bits per heavy atom. The minimum atomic E-state index is -0.602. The Labute approximate surface area is 195 Å². The van der Waals surface area contributed by atoms with E-state index in [-0.39, 0.29) is 17.8 Å². The normalized spacial score (nSPS) is 13.4. The predicted octanol–water partition coefficient (Wildman–Crippen LogP) is 4.91. The smallest absolute Gasteiger partial charge is 0.412 e. The second-order valence-electron chi connectivity index (χ2n) is 8.07. The number of carbonyl (C=O) groups is 2. The number of fused-ring (bicyclic) bond motifs is 1. The Hall–Kier alpha value is -4.27. The van der Waals surface area contributed by atoms with Crippen LogP contribution in [0, 0.1) is 5.82 Å². The van der Waals surface area contributed by atoms with Crippen LogP contribution in [0.4, 0.5) is 20.7 Å². The molecule has 0 unspecified atom stereocenters. The number of imidazole rings is 1. The fourth-order valence-corrected chi connectivity index (χ4v) is 3.98. The number of halogens is 1. The maximum Gasteiger partial charge on any atom is 0.412 e. The summed E-state index contributed by atoms with van der Waals surface area (Å²) >= 11 is 0. The molecule has 8 nitrogen and oxygen atoms in total. The average Bonchev–Trinajstić information content (AvgIpc) is 3.25. The first-order valence-corrected chi connectivity index (χ1v) is 10.9. The highest BCUT2D eigenvalue weighted by atomic mass is 19.1. The number of ether oxygens (including phenoxy) is 1. The van der Waals surface area contributed by atoms with Gasteiger partial charge in [-0.2, -0.15) is 0 Å². The molecule has 0 saturated heterocycles. The van der Waals surface area contributed by atoms with Crippen molar-refractivity contribution in [3.05, 3.63) is 78.5 Å². The SMILES string of the molecule is COC(=O)Nc1ccc(-c2cnc3ccc(C(=O)N(c4ccc(F)cc4)C4CCC4)cn23)cn1. The number of carbonyl (C=O) groups excluding carboxylic acids is 2. The van der Waals surface area contributed by atoms with E-state index in [1.807, 2.05) is 4.40 Å². The van der Waals surface area contributed by atoms with Crippen molar-refractivity contribution in [3.8, 4) is 11.3 Å². The molecule has 0 bridgehead atoms. The average molecular weight is 459 g/mol. The molecule has 0 atom stereocenters. The van der Waals surface area contributed by atoms with Crippen molar-refractivity contribution in [2.75, 3.05) is 17.3 Å². The van der Waals surface area contributed by atoms with E-state index in [1.165, 1.54) is 19.2 Å². The molecule has 3 heterocycles. The van der Waals surface area contributed by atoms with Gasteiger partial charge >= 0.3 is 6.09 Å². The molecule has 3 aromatic heterocycles. The number of nitrogens with one attached hydrogen (secondary N) is 1. The van der Waals surface area contributed by atoms with Gasteiger partial charge in [0.15, 0.2) is 0 Å². The van der Waals surface area contributed by atoms with Crippen LogP contribution in [0.1, 0.15) is 29.6 Å². The summed E-state index contributed by atoms with van der Waals surface area (Å²) in [6.07, 6.45) is 7.37. The first-order chi connectivity index (χ1) is 16.5. The summed E-state index contributed by atoms with van der Waals surface area (Å²) in [5.41, 5.74) is 3.38. The molecule has 1 aliphatic carbocycles. The molecular weight excluding hydrogens is 437 g/mol. The summed E-state index contributed by atoms with van der Waals surface area (Å²) in [7, 11) is 1.28. The Balaban J connectivity index is 1.48. The summed E-state index contributed by atoms with van der Waals surface area (Å²) in [5, 5.41) is 2.51. The minimum Gasteiger partial charge on any atom is -0.453 e. The number of anilines is 2. The van der Waals surface area contributed by atoms with Crippen LogP contribution in [-0.4, -0.2) is 39.5 Å². The lowest BCUT2D eigenvalue weighted by molar-refractivity contribution is 0.0963. The fraction of sp³-hybridized carbons (Fsp3) is 0.200. The van der Waals surface area contributed by atoms with Crippen LogP contribution in [0.25, 0.3) is 16.9 Å².